The number of carbonyl (C=O) groups is 1. The first-order chi connectivity index (χ1) is 8.22. The number of hydrogen-bond donors (Lipinski definition) is 3. The number of piperidine rings is 1. The molecule has 0 spiro atoms. The van der Waals surface area contributed by atoms with Crippen LogP contribution in [0.25, 0.3) is 0 Å². The van der Waals surface area contributed by atoms with Crippen molar-refractivity contribution in [1.82, 2.24) is 15.5 Å². The van der Waals surface area contributed by atoms with E-state index in [0.29, 0.717) is 13.1 Å². The predicted molar refractivity (Wildman–Crippen MR) is 67.9 cm³/mol. The number of aliphatic hydroxyl groups is 1. The normalized spacial score (nSPS) is 21.2. The van der Waals surface area contributed by atoms with Crippen LogP contribution in [0.4, 0.5) is 4.79 Å². The van der Waals surface area contributed by atoms with Crippen LogP contribution in [-0.2, 0) is 0 Å². The summed E-state index contributed by atoms with van der Waals surface area (Å²) >= 11 is 0. The summed E-state index contributed by atoms with van der Waals surface area (Å²) in [4.78, 5) is 13.6. The summed E-state index contributed by atoms with van der Waals surface area (Å²) in [5.41, 5.74) is 0. The van der Waals surface area contributed by atoms with Gasteiger partial charge in [-0.05, 0) is 38.3 Å². The average molecular weight is 243 g/mol. The maximum absolute atomic E-state index is 11.2. The second-order valence-corrected chi connectivity index (χ2v) is 4.81. The fourth-order valence-electron chi connectivity index (χ4n) is 2.23. The van der Waals surface area contributed by atoms with Crippen LogP contribution in [0.5, 0.6) is 0 Å². The third kappa shape index (κ3) is 6.48. The Labute approximate surface area is 104 Å². The molecule has 1 rings (SSSR count). The Morgan fingerprint density at radius 1 is 1.41 bits per heavy atom. The van der Waals surface area contributed by atoms with Crippen molar-refractivity contribution in [3.8, 4) is 0 Å². The lowest BCUT2D eigenvalue weighted by Gasteiger charge is -2.30. The number of aliphatic hydroxyl groups excluding tert-OH is 1. The van der Waals surface area contributed by atoms with E-state index in [4.69, 9.17) is 5.11 Å². The molecule has 0 aromatic carbocycles. The lowest BCUT2D eigenvalue weighted by Crippen LogP contribution is -2.39. The molecule has 0 aliphatic carbocycles. The predicted octanol–water partition coefficient (Wildman–Crippen LogP) is 0.400. The topological polar surface area (TPSA) is 64.6 Å². The van der Waals surface area contributed by atoms with Crippen molar-refractivity contribution in [3.05, 3.63) is 0 Å². The number of likely N-dealkylation sites (tertiary alicyclic amines) is 1. The first kappa shape index (κ1) is 14.3. The molecule has 1 aliphatic rings. The minimum Gasteiger partial charge on any atom is -0.395 e. The molecule has 1 fully saturated rings. The van der Waals surface area contributed by atoms with E-state index >= 15 is 0 Å². The van der Waals surface area contributed by atoms with Crippen molar-refractivity contribution in [1.29, 1.82) is 0 Å². The maximum Gasteiger partial charge on any atom is 0.314 e. The van der Waals surface area contributed by atoms with E-state index in [0.717, 1.165) is 18.9 Å². The molecular formula is C12H25N3O2. The highest BCUT2D eigenvalue weighted by atomic mass is 16.3. The molecule has 1 aliphatic heterocycles. The summed E-state index contributed by atoms with van der Waals surface area (Å²) < 4.78 is 0. The first-order valence-electron chi connectivity index (χ1n) is 6.57. The van der Waals surface area contributed by atoms with Gasteiger partial charge in [-0.3, -0.25) is 0 Å². The van der Waals surface area contributed by atoms with E-state index in [1.807, 2.05) is 0 Å². The molecule has 1 atom stereocenters. The molecule has 5 nitrogen and oxygen atoms in total. The zero-order valence-electron chi connectivity index (χ0n) is 10.7. The lowest BCUT2D eigenvalue weighted by molar-refractivity contribution is 0.181. The van der Waals surface area contributed by atoms with Gasteiger partial charge in [0.2, 0.25) is 0 Å². The van der Waals surface area contributed by atoms with Crippen LogP contribution >= 0.6 is 0 Å². The van der Waals surface area contributed by atoms with E-state index in [1.54, 1.807) is 0 Å². The molecule has 100 valence electrons. The standard InChI is InChI=1S/C12H25N3O2/c1-11-4-2-7-15(10-11)8-3-5-13-12(17)14-6-9-16/h11,16H,2-10H2,1H3,(H2,13,14,17). The molecular weight excluding hydrogens is 218 g/mol. The van der Waals surface area contributed by atoms with E-state index < -0.39 is 0 Å². The Kier molecular flexibility index (Phi) is 6.96. The molecule has 0 bridgehead atoms. The van der Waals surface area contributed by atoms with E-state index in [9.17, 15) is 4.79 Å². The van der Waals surface area contributed by atoms with Gasteiger partial charge in [0.15, 0.2) is 0 Å². The summed E-state index contributed by atoms with van der Waals surface area (Å²) in [6.45, 7) is 6.74. The highest BCUT2D eigenvalue weighted by Gasteiger charge is 2.15. The molecule has 17 heavy (non-hydrogen) atoms. The monoisotopic (exact) mass is 243 g/mol. The van der Waals surface area contributed by atoms with Gasteiger partial charge in [-0.25, -0.2) is 4.79 Å². The number of nitrogens with one attached hydrogen (secondary N) is 2. The smallest absolute Gasteiger partial charge is 0.314 e. The van der Waals surface area contributed by atoms with Crippen LogP contribution in [0.15, 0.2) is 0 Å². The van der Waals surface area contributed by atoms with Gasteiger partial charge in [0.05, 0.1) is 6.61 Å². The maximum atomic E-state index is 11.2. The largest absolute Gasteiger partial charge is 0.395 e. The summed E-state index contributed by atoms with van der Waals surface area (Å²) in [7, 11) is 0. The van der Waals surface area contributed by atoms with Crippen LogP contribution in [0, 0.1) is 5.92 Å². The third-order valence-corrected chi connectivity index (χ3v) is 3.08. The molecule has 0 radical (unpaired) electrons. The van der Waals surface area contributed by atoms with Gasteiger partial charge in [-0.1, -0.05) is 6.92 Å². The Morgan fingerprint density at radius 2 is 2.18 bits per heavy atom. The molecule has 1 unspecified atom stereocenters. The minimum atomic E-state index is -0.189. The van der Waals surface area contributed by atoms with Crippen LogP contribution in [0.1, 0.15) is 26.2 Å². The van der Waals surface area contributed by atoms with Gasteiger partial charge in [0.25, 0.3) is 0 Å². The number of carbonyl (C=O) groups excluding carboxylic acids is 1. The van der Waals surface area contributed by atoms with Crippen molar-refractivity contribution in [2.24, 2.45) is 5.92 Å². The van der Waals surface area contributed by atoms with Crippen LogP contribution in [0.3, 0.4) is 0 Å². The lowest BCUT2D eigenvalue weighted by atomic mass is 10.0. The average Bonchev–Trinajstić information content (AvgIpc) is 2.32. The first-order valence-corrected chi connectivity index (χ1v) is 6.57. The molecule has 3 N–H and O–H groups in total. The molecule has 2 amide bonds. The fraction of sp³-hybridized carbons (Fsp3) is 0.917. The minimum absolute atomic E-state index is 0.0148. The number of hydrogen-bond acceptors (Lipinski definition) is 3. The number of nitrogens with zero attached hydrogens (tertiary/aromatic N) is 1. The van der Waals surface area contributed by atoms with E-state index in [1.165, 1.54) is 25.9 Å². The Hall–Kier alpha value is -0.810. The zero-order valence-corrected chi connectivity index (χ0v) is 10.7. The fourth-order valence-corrected chi connectivity index (χ4v) is 2.23. The van der Waals surface area contributed by atoms with Gasteiger partial charge in [0.1, 0.15) is 0 Å². The SMILES string of the molecule is CC1CCCN(CCCNC(=O)NCCO)C1. The molecule has 1 saturated heterocycles. The molecule has 5 heteroatoms. The Bertz CT molecular complexity index is 224. The molecule has 0 aromatic heterocycles. The summed E-state index contributed by atoms with van der Waals surface area (Å²) in [6, 6.07) is -0.189. The summed E-state index contributed by atoms with van der Waals surface area (Å²) in [5, 5.41) is 13.9. The zero-order chi connectivity index (χ0) is 12.5. The second-order valence-electron chi connectivity index (χ2n) is 4.81. The van der Waals surface area contributed by atoms with Crippen LogP contribution < -0.4 is 10.6 Å². The van der Waals surface area contributed by atoms with Crippen LogP contribution in [0.2, 0.25) is 0 Å². The van der Waals surface area contributed by atoms with Crippen LogP contribution in [-0.4, -0.2) is 55.4 Å². The Balaban J connectivity index is 1.98. The highest BCUT2D eigenvalue weighted by molar-refractivity contribution is 5.73. The van der Waals surface area contributed by atoms with Crippen molar-refractivity contribution < 1.29 is 9.90 Å². The number of urea groups is 1. The van der Waals surface area contributed by atoms with Crippen molar-refractivity contribution in [3.63, 3.8) is 0 Å². The quantitative estimate of drug-likeness (QED) is 0.592. The van der Waals surface area contributed by atoms with Gasteiger partial charge in [0, 0.05) is 19.6 Å². The van der Waals surface area contributed by atoms with Crippen molar-refractivity contribution in [2.45, 2.75) is 26.2 Å². The van der Waals surface area contributed by atoms with Gasteiger partial charge in [-0.15, -0.1) is 0 Å². The second kappa shape index (κ2) is 8.31. The molecule has 0 saturated carbocycles. The van der Waals surface area contributed by atoms with E-state index in [-0.39, 0.29) is 12.6 Å². The van der Waals surface area contributed by atoms with Gasteiger partial charge >= 0.3 is 6.03 Å². The van der Waals surface area contributed by atoms with E-state index in [2.05, 4.69) is 22.5 Å². The Morgan fingerprint density at radius 3 is 2.88 bits per heavy atom. The third-order valence-electron chi connectivity index (χ3n) is 3.08. The van der Waals surface area contributed by atoms with Gasteiger partial charge < -0.3 is 20.6 Å². The number of amides is 2. The highest BCUT2D eigenvalue weighted by Crippen LogP contribution is 2.14. The molecule has 0 aromatic rings. The van der Waals surface area contributed by atoms with Gasteiger partial charge in [-0.2, -0.15) is 0 Å². The number of rotatable bonds is 6. The summed E-state index contributed by atoms with van der Waals surface area (Å²) in [6.07, 6.45) is 3.63. The van der Waals surface area contributed by atoms with Crippen molar-refractivity contribution in [2.75, 3.05) is 39.3 Å². The molecule has 1 heterocycles. The summed E-state index contributed by atoms with van der Waals surface area (Å²) in [5.74, 6) is 0.810. The van der Waals surface area contributed by atoms with Crippen molar-refractivity contribution >= 4 is 6.03 Å².